The molecule has 3 aromatic rings. The quantitative estimate of drug-likeness (QED) is 0.320. The molecule has 38 heavy (non-hydrogen) atoms. The summed E-state index contributed by atoms with van der Waals surface area (Å²) in [5, 5.41) is 7.08. The molecule has 4 rings (SSSR count). The van der Waals surface area contributed by atoms with Crippen molar-refractivity contribution in [1.29, 1.82) is 0 Å². The van der Waals surface area contributed by atoms with Gasteiger partial charge in [0.05, 0.1) is 37.1 Å². The number of alkyl halides is 3. The minimum atomic E-state index is -4.94. The third kappa shape index (κ3) is 6.30. The van der Waals surface area contributed by atoms with E-state index < -0.39 is 32.2 Å². The minimum Gasteiger partial charge on any atom is -0.351 e. The van der Waals surface area contributed by atoms with Gasteiger partial charge in [0.25, 0.3) is 5.91 Å². The van der Waals surface area contributed by atoms with Crippen molar-refractivity contribution in [2.24, 2.45) is 0 Å². The van der Waals surface area contributed by atoms with Gasteiger partial charge in [-0.1, -0.05) is 19.1 Å². The lowest BCUT2D eigenvalue weighted by atomic mass is 10.1. The Kier molecular flexibility index (Phi) is 7.74. The number of carbonyl (C=O) groups is 2. The van der Waals surface area contributed by atoms with E-state index in [0.29, 0.717) is 17.5 Å². The molecule has 0 unspecified atom stereocenters. The van der Waals surface area contributed by atoms with Gasteiger partial charge in [0.2, 0.25) is 0 Å². The third-order valence-electron chi connectivity index (χ3n) is 5.64. The average Bonchev–Trinajstić information content (AvgIpc) is 3.43. The predicted molar refractivity (Wildman–Crippen MR) is 127 cm³/mol. The Labute approximate surface area is 214 Å². The summed E-state index contributed by atoms with van der Waals surface area (Å²) in [7, 11) is -4.94. The van der Waals surface area contributed by atoms with Crippen LogP contribution >= 0.6 is 7.82 Å². The van der Waals surface area contributed by atoms with Crippen molar-refractivity contribution in [3.8, 4) is 11.4 Å². The molecule has 204 valence electrons. The SMILES string of the molecule is CCCC(=O)CN1CNc2nc(-c3cnn(Cc4cccc(C(F)(F)F)c4)c3)n(COP(=O)(O)O)c2C1=O. The summed E-state index contributed by atoms with van der Waals surface area (Å²) in [6.07, 6.45) is -0.782. The highest BCUT2D eigenvalue weighted by Crippen LogP contribution is 2.38. The summed E-state index contributed by atoms with van der Waals surface area (Å²) in [4.78, 5) is 49.4. The fraction of sp³-hybridized carbons (Fsp3) is 0.364. The number of phosphoric ester groups is 1. The molecule has 0 saturated carbocycles. The Morgan fingerprint density at radius 3 is 2.74 bits per heavy atom. The second-order valence-corrected chi connectivity index (χ2v) is 9.80. The fourth-order valence-electron chi connectivity index (χ4n) is 3.96. The van der Waals surface area contributed by atoms with Crippen molar-refractivity contribution in [3.63, 3.8) is 0 Å². The standard InChI is InChI=1S/C22H24F3N6O6P/c1-2-4-17(32)11-29-12-26-19-18(21(29)33)31(13-37-38(34,35)36)20(28-19)15-8-27-30(10-15)9-14-5-3-6-16(7-14)22(23,24)25/h3,5-8,10,26H,2,4,9,11-13H2,1H3,(H2,34,35,36). The summed E-state index contributed by atoms with van der Waals surface area (Å²) in [6, 6.07) is 4.77. The molecular formula is C22H24F3N6O6P. The number of rotatable bonds is 10. The molecule has 0 bridgehead atoms. The molecule has 1 aromatic carbocycles. The number of nitrogens with one attached hydrogen (secondary N) is 1. The molecule has 1 aliphatic heterocycles. The van der Waals surface area contributed by atoms with Crippen molar-refractivity contribution in [2.75, 3.05) is 18.5 Å². The van der Waals surface area contributed by atoms with Crippen molar-refractivity contribution >= 4 is 25.3 Å². The number of nitrogens with zero attached hydrogens (tertiary/aromatic N) is 5. The monoisotopic (exact) mass is 556 g/mol. The maximum atomic E-state index is 13.2. The molecule has 12 nitrogen and oxygen atoms in total. The number of ketones is 1. The van der Waals surface area contributed by atoms with E-state index in [-0.39, 0.29) is 49.3 Å². The van der Waals surface area contributed by atoms with Gasteiger partial charge in [-0.05, 0) is 24.1 Å². The van der Waals surface area contributed by atoms with E-state index in [1.54, 1.807) is 0 Å². The van der Waals surface area contributed by atoms with E-state index in [9.17, 15) is 37.1 Å². The molecule has 16 heteroatoms. The molecule has 0 saturated heterocycles. The number of phosphoric acid groups is 1. The van der Waals surface area contributed by atoms with Crippen molar-refractivity contribution in [1.82, 2.24) is 24.2 Å². The first kappa shape index (κ1) is 27.5. The van der Waals surface area contributed by atoms with E-state index in [4.69, 9.17) is 0 Å². The van der Waals surface area contributed by atoms with Crippen LogP contribution in [0.4, 0.5) is 19.0 Å². The lowest BCUT2D eigenvalue weighted by Gasteiger charge is -2.27. The summed E-state index contributed by atoms with van der Waals surface area (Å²) < 4.78 is 57.7. The lowest BCUT2D eigenvalue weighted by molar-refractivity contribution is -0.137. The number of Topliss-reactive ketones (excluding diaryl/α,β-unsaturated/α-hetero) is 1. The molecular weight excluding hydrogens is 532 g/mol. The smallest absolute Gasteiger partial charge is 0.351 e. The summed E-state index contributed by atoms with van der Waals surface area (Å²) in [6.45, 7) is 0.915. The summed E-state index contributed by atoms with van der Waals surface area (Å²) >= 11 is 0. The van der Waals surface area contributed by atoms with Gasteiger partial charge in [-0.3, -0.25) is 23.4 Å². The molecule has 0 spiro atoms. The molecule has 2 aromatic heterocycles. The number of fused-ring (bicyclic) bond motifs is 1. The van der Waals surface area contributed by atoms with Crippen LogP contribution in [-0.4, -0.2) is 58.9 Å². The molecule has 3 N–H and O–H groups in total. The van der Waals surface area contributed by atoms with Crippen LogP contribution in [0.15, 0.2) is 36.7 Å². The second-order valence-electron chi connectivity index (χ2n) is 8.56. The van der Waals surface area contributed by atoms with E-state index in [1.807, 2.05) is 6.92 Å². The van der Waals surface area contributed by atoms with Crippen molar-refractivity contribution in [3.05, 3.63) is 53.5 Å². The number of anilines is 1. The van der Waals surface area contributed by atoms with Gasteiger partial charge in [0.15, 0.2) is 17.3 Å². The van der Waals surface area contributed by atoms with Gasteiger partial charge in [0.1, 0.15) is 12.6 Å². The first-order valence-electron chi connectivity index (χ1n) is 11.4. The van der Waals surface area contributed by atoms with Gasteiger partial charge >= 0.3 is 14.0 Å². The van der Waals surface area contributed by atoms with E-state index >= 15 is 0 Å². The Bertz CT molecular complexity index is 1400. The molecule has 3 heterocycles. The number of imidazole rings is 1. The van der Waals surface area contributed by atoms with Gasteiger partial charge in [-0.15, -0.1) is 0 Å². The number of carbonyl (C=O) groups excluding carboxylic acids is 2. The van der Waals surface area contributed by atoms with Crippen LogP contribution in [0.1, 0.15) is 41.4 Å². The van der Waals surface area contributed by atoms with Crippen molar-refractivity contribution in [2.45, 2.75) is 39.2 Å². The van der Waals surface area contributed by atoms with Crippen molar-refractivity contribution < 1.29 is 41.6 Å². The van der Waals surface area contributed by atoms with Gasteiger partial charge in [-0.2, -0.15) is 18.3 Å². The van der Waals surface area contributed by atoms with E-state index in [0.717, 1.165) is 16.7 Å². The number of halogens is 3. The van der Waals surface area contributed by atoms with Crippen LogP contribution in [0.25, 0.3) is 11.4 Å². The summed E-state index contributed by atoms with van der Waals surface area (Å²) in [5.41, 5.74) is -0.226. The fourth-order valence-corrected chi connectivity index (χ4v) is 4.23. The van der Waals surface area contributed by atoms with Crippen LogP contribution in [0.5, 0.6) is 0 Å². The third-order valence-corrected chi connectivity index (χ3v) is 6.09. The Balaban J connectivity index is 1.65. The summed E-state index contributed by atoms with van der Waals surface area (Å²) in [5.74, 6) is -0.558. The minimum absolute atomic E-state index is 0.00613. The van der Waals surface area contributed by atoms with Crippen LogP contribution in [0, 0.1) is 0 Å². The number of hydrogen-bond donors (Lipinski definition) is 3. The predicted octanol–water partition coefficient (Wildman–Crippen LogP) is 3.07. The van der Waals surface area contributed by atoms with Crippen LogP contribution < -0.4 is 5.32 Å². The topological polar surface area (TPSA) is 152 Å². The molecule has 0 atom stereocenters. The van der Waals surface area contributed by atoms with Crippen LogP contribution in [-0.2, 0) is 33.3 Å². The highest BCUT2D eigenvalue weighted by atomic mass is 31.2. The largest absolute Gasteiger partial charge is 0.471 e. The number of benzene rings is 1. The van der Waals surface area contributed by atoms with Crippen LogP contribution in [0.3, 0.4) is 0 Å². The molecule has 0 radical (unpaired) electrons. The number of hydrogen-bond acceptors (Lipinski definition) is 7. The van der Waals surface area contributed by atoms with Crippen LogP contribution in [0.2, 0.25) is 0 Å². The normalized spacial score (nSPS) is 13.9. The molecule has 1 amide bonds. The zero-order chi connectivity index (χ0) is 27.7. The molecule has 0 fully saturated rings. The first-order chi connectivity index (χ1) is 17.9. The lowest BCUT2D eigenvalue weighted by Crippen LogP contribution is -2.43. The second kappa shape index (κ2) is 10.7. The molecule has 0 aliphatic carbocycles. The maximum absolute atomic E-state index is 13.2. The Morgan fingerprint density at radius 2 is 2.05 bits per heavy atom. The van der Waals surface area contributed by atoms with Gasteiger partial charge in [0, 0.05) is 12.6 Å². The highest BCUT2D eigenvalue weighted by Gasteiger charge is 2.34. The van der Waals surface area contributed by atoms with Gasteiger partial charge in [-0.25, -0.2) is 9.55 Å². The Morgan fingerprint density at radius 1 is 1.29 bits per heavy atom. The maximum Gasteiger partial charge on any atom is 0.471 e. The highest BCUT2D eigenvalue weighted by molar-refractivity contribution is 7.46. The van der Waals surface area contributed by atoms with E-state index in [2.05, 4.69) is 19.9 Å². The Hall–Kier alpha value is -3.52. The van der Waals surface area contributed by atoms with Gasteiger partial charge < -0.3 is 20.0 Å². The zero-order valence-electron chi connectivity index (χ0n) is 20.1. The van der Waals surface area contributed by atoms with E-state index in [1.165, 1.54) is 34.1 Å². The first-order valence-corrected chi connectivity index (χ1v) is 12.9. The number of amides is 1. The number of aromatic nitrogens is 4. The average molecular weight is 556 g/mol. The zero-order valence-corrected chi connectivity index (χ0v) is 20.9. The molecule has 1 aliphatic rings.